The number of rotatable bonds is 9. The Morgan fingerprint density at radius 2 is 1.53 bits per heavy atom. The van der Waals surface area contributed by atoms with Crippen LogP contribution < -0.4 is 5.32 Å². The number of esters is 1. The third-order valence-electron chi connectivity index (χ3n) is 6.64. The van der Waals surface area contributed by atoms with E-state index < -0.39 is 64.6 Å². The molecular weight excluding hydrogens is 497 g/mol. The van der Waals surface area contributed by atoms with E-state index in [2.05, 4.69) is 19.5 Å². The van der Waals surface area contributed by atoms with Gasteiger partial charge < -0.3 is 19.5 Å². The molecule has 196 valence electrons. The molecule has 4 aliphatic rings. The Hall–Kier alpha value is -1.74. The van der Waals surface area contributed by atoms with Crippen molar-refractivity contribution in [3.05, 3.63) is 0 Å². The van der Waals surface area contributed by atoms with Crippen molar-refractivity contribution in [2.24, 2.45) is 17.8 Å². The maximum absolute atomic E-state index is 14.0. The van der Waals surface area contributed by atoms with Crippen LogP contribution in [-0.4, -0.2) is 61.0 Å². The summed E-state index contributed by atoms with van der Waals surface area (Å²) in [5, 5.41) is -2.43. The van der Waals surface area contributed by atoms with Crippen LogP contribution in [0.15, 0.2) is 0 Å². The van der Waals surface area contributed by atoms with Crippen LogP contribution >= 0.6 is 0 Å². The molecule has 1 amide bonds. The average molecular weight is 523 g/mol. The van der Waals surface area contributed by atoms with E-state index in [1.165, 1.54) is 0 Å². The summed E-state index contributed by atoms with van der Waals surface area (Å²) in [6, 6.07) is 0. The predicted octanol–water partition coefficient (Wildman–Crippen LogP) is 3.39. The summed E-state index contributed by atoms with van der Waals surface area (Å²) in [6.45, 7) is -1.17. The minimum Gasteiger partial charge on any atom is -0.461 e. The summed E-state index contributed by atoms with van der Waals surface area (Å²) in [5.74, 6) is -5.72. The molecule has 0 aliphatic heterocycles. The van der Waals surface area contributed by atoms with E-state index in [0.717, 1.165) is 26.2 Å². The van der Waals surface area contributed by atoms with Crippen LogP contribution in [0.4, 0.5) is 26.7 Å². The van der Waals surface area contributed by atoms with E-state index in [9.17, 15) is 40.0 Å². The van der Waals surface area contributed by atoms with E-state index in [-0.39, 0.29) is 0 Å². The minimum absolute atomic E-state index is 0.308. The number of amides is 1. The van der Waals surface area contributed by atoms with Gasteiger partial charge in [0.25, 0.3) is 0 Å². The number of ether oxygens (including phenoxy) is 3. The van der Waals surface area contributed by atoms with Crippen molar-refractivity contribution in [2.45, 2.75) is 74.6 Å². The highest BCUT2D eigenvalue weighted by Crippen LogP contribution is 2.55. The molecule has 1 atom stereocenters. The minimum atomic E-state index is -5.97. The highest BCUT2D eigenvalue weighted by molar-refractivity contribution is 7.86. The summed E-state index contributed by atoms with van der Waals surface area (Å²) in [5.41, 5.74) is -0.810. The van der Waals surface area contributed by atoms with Gasteiger partial charge in [-0.05, 0) is 63.2 Å². The Labute approximate surface area is 192 Å². The van der Waals surface area contributed by atoms with E-state index in [1.807, 2.05) is 0 Å². The SMILES string of the molecule is CCOC(=O)C(OCCC(F)(F)S(=O)(=O)O)(OC(=O)NC12CC3CC(CC(C3)C1)C2)C(F)(F)F. The van der Waals surface area contributed by atoms with Crippen molar-refractivity contribution in [3.63, 3.8) is 0 Å². The number of hydrogen-bond donors (Lipinski definition) is 2. The number of carbonyl (C=O) groups excluding carboxylic acids is 2. The Bertz CT molecular complexity index is 874. The lowest BCUT2D eigenvalue weighted by Crippen LogP contribution is -2.64. The van der Waals surface area contributed by atoms with E-state index >= 15 is 0 Å². The van der Waals surface area contributed by atoms with Crippen molar-refractivity contribution < 1.29 is 58.7 Å². The first-order valence-corrected chi connectivity index (χ1v) is 12.2. The molecule has 4 fully saturated rings. The average Bonchev–Trinajstić information content (AvgIpc) is 2.63. The fourth-order valence-electron chi connectivity index (χ4n) is 5.69. The predicted molar refractivity (Wildman–Crippen MR) is 103 cm³/mol. The summed E-state index contributed by atoms with van der Waals surface area (Å²) in [7, 11) is -5.97. The van der Waals surface area contributed by atoms with Gasteiger partial charge in [0.15, 0.2) is 0 Å². The largest absolute Gasteiger partial charge is 0.468 e. The molecule has 0 heterocycles. The van der Waals surface area contributed by atoms with Gasteiger partial charge in [-0.15, -0.1) is 0 Å². The zero-order valence-electron chi connectivity index (χ0n) is 18.2. The van der Waals surface area contributed by atoms with Crippen LogP contribution in [0.25, 0.3) is 0 Å². The lowest BCUT2D eigenvalue weighted by molar-refractivity contribution is -0.351. The van der Waals surface area contributed by atoms with Crippen LogP contribution in [0.5, 0.6) is 0 Å². The maximum Gasteiger partial charge on any atom is 0.468 e. The number of carbonyl (C=O) groups is 2. The standard InChI is InChI=1S/C19H26F5NO8S/c1-2-31-14(26)18(19(22,23)24,32-4-3-17(20,21)34(28,29)30)33-15(27)25-16-8-11-5-12(9-16)7-13(6-11)10-16/h11-13H,2-10H2,1H3,(H,25,27)(H,28,29,30). The Kier molecular flexibility index (Phi) is 7.14. The van der Waals surface area contributed by atoms with E-state index in [0.29, 0.717) is 37.0 Å². The molecule has 4 saturated carbocycles. The van der Waals surface area contributed by atoms with Gasteiger partial charge in [0, 0.05) is 5.54 Å². The van der Waals surface area contributed by atoms with Gasteiger partial charge in [-0.25, -0.2) is 9.59 Å². The molecule has 0 radical (unpaired) electrons. The number of nitrogens with one attached hydrogen (secondary N) is 1. The first-order chi connectivity index (χ1) is 15.5. The molecule has 4 bridgehead atoms. The first kappa shape index (κ1) is 26.9. The third-order valence-corrected chi connectivity index (χ3v) is 7.59. The second-order valence-electron chi connectivity index (χ2n) is 9.26. The molecule has 1 unspecified atom stereocenters. The summed E-state index contributed by atoms with van der Waals surface area (Å²) < 4.78 is 112. The number of halogens is 5. The molecule has 9 nitrogen and oxygen atoms in total. The molecule has 34 heavy (non-hydrogen) atoms. The molecule has 2 N–H and O–H groups in total. The lowest BCUT2D eigenvalue weighted by Gasteiger charge is -2.56. The lowest BCUT2D eigenvalue weighted by atomic mass is 9.53. The van der Waals surface area contributed by atoms with Gasteiger partial charge in [-0.3, -0.25) is 4.55 Å². The molecular formula is C19H26F5NO8S. The quantitative estimate of drug-likeness (QED) is 0.204. The van der Waals surface area contributed by atoms with Gasteiger partial charge in [-0.1, -0.05) is 0 Å². The molecule has 0 aromatic carbocycles. The van der Waals surface area contributed by atoms with Crippen LogP contribution in [0.3, 0.4) is 0 Å². The van der Waals surface area contributed by atoms with Crippen molar-refractivity contribution >= 4 is 22.2 Å². The topological polar surface area (TPSA) is 128 Å². The second kappa shape index (κ2) is 9.04. The molecule has 4 rings (SSSR count). The normalized spacial score (nSPS) is 30.5. The maximum atomic E-state index is 14.0. The highest BCUT2D eigenvalue weighted by atomic mass is 32.2. The molecule has 15 heteroatoms. The number of hydrogen-bond acceptors (Lipinski definition) is 7. The monoisotopic (exact) mass is 523 g/mol. The first-order valence-electron chi connectivity index (χ1n) is 10.8. The number of alkyl halides is 5. The fourth-order valence-corrected chi connectivity index (χ4v) is 6.03. The van der Waals surface area contributed by atoms with Crippen LogP contribution in [-0.2, 0) is 29.1 Å². The summed E-state index contributed by atoms with van der Waals surface area (Å²) >= 11 is 0. The smallest absolute Gasteiger partial charge is 0.461 e. The van der Waals surface area contributed by atoms with Crippen LogP contribution in [0.1, 0.15) is 51.9 Å². The van der Waals surface area contributed by atoms with Gasteiger partial charge >= 0.3 is 39.4 Å². The molecule has 0 aromatic rings. The van der Waals surface area contributed by atoms with Gasteiger partial charge in [0.2, 0.25) is 0 Å². The molecule has 4 aliphatic carbocycles. The third kappa shape index (κ3) is 5.25. The Morgan fingerprint density at radius 3 is 1.94 bits per heavy atom. The zero-order chi connectivity index (χ0) is 25.6. The van der Waals surface area contributed by atoms with Crippen molar-refractivity contribution in [3.8, 4) is 0 Å². The van der Waals surface area contributed by atoms with Gasteiger partial charge in [0.1, 0.15) is 0 Å². The zero-order valence-corrected chi connectivity index (χ0v) is 19.0. The Balaban J connectivity index is 1.80. The van der Waals surface area contributed by atoms with Gasteiger partial charge in [-0.2, -0.15) is 30.4 Å². The van der Waals surface area contributed by atoms with Gasteiger partial charge in [0.05, 0.1) is 19.6 Å². The highest BCUT2D eigenvalue weighted by Gasteiger charge is 2.68. The summed E-state index contributed by atoms with van der Waals surface area (Å²) in [6.07, 6.45) is -4.86. The van der Waals surface area contributed by atoms with Crippen LogP contribution in [0, 0.1) is 17.8 Å². The van der Waals surface area contributed by atoms with E-state index in [1.54, 1.807) is 0 Å². The fraction of sp³-hybridized carbons (Fsp3) is 0.895. The summed E-state index contributed by atoms with van der Waals surface area (Å²) in [4.78, 5) is 24.8. The van der Waals surface area contributed by atoms with Crippen molar-refractivity contribution in [1.82, 2.24) is 5.32 Å². The second-order valence-corrected chi connectivity index (χ2v) is 10.8. The molecule has 0 spiro atoms. The number of alkyl carbamates (subject to hydrolysis) is 1. The van der Waals surface area contributed by atoms with Crippen molar-refractivity contribution in [1.29, 1.82) is 0 Å². The molecule has 0 saturated heterocycles. The Morgan fingerprint density at radius 1 is 1.03 bits per heavy atom. The molecule has 0 aromatic heterocycles. The van der Waals surface area contributed by atoms with Crippen molar-refractivity contribution in [2.75, 3.05) is 13.2 Å². The van der Waals surface area contributed by atoms with E-state index in [4.69, 9.17) is 4.55 Å². The van der Waals surface area contributed by atoms with Crippen LogP contribution in [0.2, 0.25) is 0 Å².